The lowest BCUT2D eigenvalue weighted by atomic mass is 10.2. The fraction of sp³-hybridized carbons (Fsp3) is 0.200. The number of aromatic nitrogens is 4. The van der Waals surface area contributed by atoms with Crippen LogP contribution in [0.15, 0.2) is 42.2 Å². The third-order valence-electron chi connectivity index (χ3n) is 3.08. The zero-order valence-electron chi connectivity index (χ0n) is 12.1. The molecule has 3 aromatic rings. The molecule has 6 nitrogen and oxygen atoms in total. The zero-order chi connectivity index (χ0) is 15.4. The van der Waals surface area contributed by atoms with Gasteiger partial charge in [-0.2, -0.15) is 5.10 Å². The van der Waals surface area contributed by atoms with E-state index in [4.69, 9.17) is 0 Å². The minimum absolute atomic E-state index is 0.165. The van der Waals surface area contributed by atoms with Gasteiger partial charge in [0.2, 0.25) is 0 Å². The van der Waals surface area contributed by atoms with E-state index < -0.39 is 0 Å². The van der Waals surface area contributed by atoms with Gasteiger partial charge in [0.25, 0.3) is 5.91 Å². The summed E-state index contributed by atoms with van der Waals surface area (Å²) in [6, 6.07) is 5.75. The van der Waals surface area contributed by atoms with Gasteiger partial charge < -0.3 is 5.32 Å². The van der Waals surface area contributed by atoms with Crippen molar-refractivity contribution in [2.45, 2.75) is 6.42 Å². The van der Waals surface area contributed by atoms with Crippen molar-refractivity contribution in [1.29, 1.82) is 0 Å². The van der Waals surface area contributed by atoms with E-state index >= 15 is 0 Å². The lowest BCUT2D eigenvalue weighted by molar-refractivity contribution is 0.0950. The van der Waals surface area contributed by atoms with Crippen LogP contribution in [0.3, 0.4) is 0 Å². The summed E-state index contributed by atoms with van der Waals surface area (Å²) in [5, 5.41) is 9.52. The van der Waals surface area contributed by atoms with Crippen LogP contribution in [0, 0.1) is 0 Å². The molecule has 0 atom stereocenters. The van der Waals surface area contributed by atoms with Gasteiger partial charge in [-0.3, -0.25) is 14.5 Å². The number of hydrogen-bond donors (Lipinski definition) is 1. The highest BCUT2D eigenvalue weighted by Crippen LogP contribution is 2.22. The summed E-state index contributed by atoms with van der Waals surface area (Å²) in [5.74, 6) is -0.165. The van der Waals surface area contributed by atoms with Crippen LogP contribution in [-0.2, 0) is 13.5 Å². The minimum Gasteiger partial charge on any atom is -0.350 e. The van der Waals surface area contributed by atoms with E-state index in [1.54, 1.807) is 22.5 Å². The second-order valence-corrected chi connectivity index (χ2v) is 5.63. The van der Waals surface area contributed by atoms with Crippen LogP contribution < -0.4 is 5.32 Å². The van der Waals surface area contributed by atoms with Crippen molar-refractivity contribution >= 4 is 17.2 Å². The predicted octanol–water partition coefficient (Wildman–Crippen LogP) is 1.91. The predicted molar refractivity (Wildman–Crippen MR) is 84.6 cm³/mol. The molecule has 1 amide bonds. The topological polar surface area (TPSA) is 72.7 Å². The Bertz CT molecular complexity index is 765. The van der Waals surface area contributed by atoms with Crippen LogP contribution in [-0.4, -0.2) is 32.2 Å². The van der Waals surface area contributed by atoms with Crippen molar-refractivity contribution in [2.75, 3.05) is 6.54 Å². The summed E-state index contributed by atoms with van der Waals surface area (Å²) in [6.45, 7) is 0.537. The van der Waals surface area contributed by atoms with Crippen molar-refractivity contribution in [1.82, 2.24) is 25.1 Å². The van der Waals surface area contributed by atoms with Crippen molar-refractivity contribution < 1.29 is 4.79 Å². The summed E-state index contributed by atoms with van der Waals surface area (Å²) in [6.07, 6.45) is 6.06. The molecule has 7 heteroatoms. The molecule has 0 fully saturated rings. The first-order chi connectivity index (χ1) is 10.7. The Morgan fingerprint density at radius 1 is 1.41 bits per heavy atom. The maximum absolute atomic E-state index is 12.1. The molecule has 0 saturated heterocycles. The first-order valence-corrected chi connectivity index (χ1v) is 7.73. The molecule has 3 aromatic heterocycles. The molecule has 112 valence electrons. The molecule has 3 heterocycles. The van der Waals surface area contributed by atoms with Crippen molar-refractivity contribution in [2.24, 2.45) is 7.05 Å². The van der Waals surface area contributed by atoms with E-state index in [1.807, 2.05) is 31.4 Å². The smallest absolute Gasteiger partial charge is 0.270 e. The molecular weight excluding hydrogens is 298 g/mol. The summed E-state index contributed by atoms with van der Waals surface area (Å²) >= 11 is 1.44. The second kappa shape index (κ2) is 6.48. The molecule has 0 radical (unpaired) electrons. The van der Waals surface area contributed by atoms with E-state index in [9.17, 15) is 4.79 Å². The summed E-state index contributed by atoms with van der Waals surface area (Å²) in [7, 11) is 1.85. The normalized spacial score (nSPS) is 10.6. The molecule has 0 bridgehead atoms. The maximum atomic E-state index is 12.1. The summed E-state index contributed by atoms with van der Waals surface area (Å²) < 4.78 is 1.71. The molecule has 0 aromatic carbocycles. The van der Waals surface area contributed by atoms with Gasteiger partial charge in [-0.15, -0.1) is 11.3 Å². The van der Waals surface area contributed by atoms with E-state index in [-0.39, 0.29) is 5.91 Å². The molecule has 3 rings (SSSR count). The van der Waals surface area contributed by atoms with Crippen LogP contribution in [0.4, 0.5) is 0 Å². The first-order valence-electron chi connectivity index (χ1n) is 6.85. The molecule has 0 saturated carbocycles. The molecular formula is C15H15N5OS. The minimum atomic E-state index is -0.165. The summed E-state index contributed by atoms with van der Waals surface area (Å²) in [5.41, 5.74) is 2.31. The lowest BCUT2D eigenvalue weighted by Crippen LogP contribution is -2.26. The van der Waals surface area contributed by atoms with E-state index in [2.05, 4.69) is 20.4 Å². The van der Waals surface area contributed by atoms with E-state index in [0.29, 0.717) is 18.7 Å². The van der Waals surface area contributed by atoms with E-state index in [1.165, 1.54) is 11.3 Å². The fourth-order valence-electron chi connectivity index (χ4n) is 1.98. The van der Waals surface area contributed by atoms with Gasteiger partial charge >= 0.3 is 0 Å². The SMILES string of the molecule is Cn1cc(-c2nc(C(=O)NCCc3ccccn3)cs2)cn1. The van der Waals surface area contributed by atoms with Gasteiger partial charge in [-0.25, -0.2) is 4.98 Å². The number of amides is 1. The largest absolute Gasteiger partial charge is 0.350 e. The number of nitrogens with one attached hydrogen (secondary N) is 1. The Kier molecular flexibility index (Phi) is 4.24. The van der Waals surface area contributed by atoms with Crippen molar-refractivity contribution in [3.05, 3.63) is 53.6 Å². The third-order valence-corrected chi connectivity index (χ3v) is 3.97. The molecule has 0 aliphatic carbocycles. The highest BCUT2D eigenvalue weighted by molar-refractivity contribution is 7.13. The van der Waals surface area contributed by atoms with Gasteiger partial charge in [0.05, 0.1) is 6.20 Å². The van der Waals surface area contributed by atoms with Crippen LogP contribution >= 0.6 is 11.3 Å². The maximum Gasteiger partial charge on any atom is 0.270 e. The van der Waals surface area contributed by atoms with Gasteiger partial charge in [-0.05, 0) is 12.1 Å². The van der Waals surface area contributed by atoms with Gasteiger partial charge in [0, 0.05) is 49.0 Å². The Hall–Kier alpha value is -2.54. The highest BCUT2D eigenvalue weighted by atomic mass is 32.1. The number of pyridine rings is 1. The van der Waals surface area contributed by atoms with Gasteiger partial charge in [0.15, 0.2) is 0 Å². The molecule has 0 unspecified atom stereocenters. The fourth-order valence-corrected chi connectivity index (χ4v) is 2.76. The number of rotatable bonds is 5. The average molecular weight is 313 g/mol. The lowest BCUT2D eigenvalue weighted by Gasteiger charge is -2.02. The second-order valence-electron chi connectivity index (χ2n) is 4.77. The zero-order valence-corrected chi connectivity index (χ0v) is 12.9. The number of aryl methyl sites for hydroxylation is 1. The Labute approximate surface area is 131 Å². The highest BCUT2D eigenvalue weighted by Gasteiger charge is 2.12. The molecule has 0 aliphatic rings. The Balaban J connectivity index is 1.58. The van der Waals surface area contributed by atoms with Crippen LogP contribution in [0.5, 0.6) is 0 Å². The van der Waals surface area contributed by atoms with Gasteiger partial charge in [-0.1, -0.05) is 6.07 Å². The Morgan fingerprint density at radius 3 is 3.05 bits per heavy atom. The van der Waals surface area contributed by atoms with E-state index in [0.717, 1.165) is 16.3 Å². The van der Waals surface area contributed by atoms with Crippen molar-refractivity contribution in [3.63, 3.8) is 0 Å². The average Bonchev–Trinajstić information content (AvgIpc) is 3.17. The van der Waals surface area contributed by atoms with Crippen LogP contribution in [0.2, 0.25) is 0 Å². The molecule has 0 aliphatic heterocycles. The van der Waals surface area contributed by atoms with Crippen molar-refractivity contribution in [3.8, 4) is 10.6 Å². The van der Waals surface area contributed by atoms with Crippen LogP contribution in [0.25, 0.3) is 10.6 Å². The van der Waals surface area contributed by atoms with Gasteiger partial charge in [0.1, 0.15) is 10.7 Å². The number of carbonyl (C=O) groups is 1. The number of thiazole rings is 1. The molecule has 0 spiro atoms. The molecule has 22 heavy (non-hydrogen) atoms. The number of carbonyl (C=O) groups excluding carboxylic acids is 1. The monoisotopic (exact) mass is 313 g/mol. The number of nitrogens with zero attached hydrogens (tertiary/aromatic N) is 4. The molecule has 1 N–H and O–H groups in total. The third kappa shape index (κ3) is 3.37. The standard InChI is InChI=1S/C15H15N5OS/c1-20-9-11(8-18-20)15-19-13(10-22-15)14(21)17-7-5-12-4-2-3-6-16-12/h2-4,6,8-10H,5,7H2,1H3,(H,17,21). The summed E-state index contributed by atoms with van der Waals surface area (Å²) in [4.78, 5) is 20.7. The van der Waals surface area contributed by atoms with Crippen LogP contribution in [0.1, 0.15) is 16.2 Å². The quantitative estimate of drug-likeness (QED) is 0.781. The Morgan fingerprint density at radius 2 is 2.32 bits per heavy atom. The first kappa shape index (κ1) is 14.4. The number of hydrogen-bond acceptors (Lipinski definition) is 5.